The highest BCUT2D eigenvalue weighted by molar-refractivity contribution is 7.92. The fraction of sp³-hybridized carbons (Fsp3) is 0.400. The van der Waals surface area contributed by atoms with E-state index in [4.69, 9.17) is 0 Å². The number of anilines is 1. The van der Waals surface area contributed by atoms with Gasteiger partial charge in [-0.15, -0.1) is 13.2 Å². The number of nitrogens with zero attached hydrogens (tertiary/aromatic N) is 1. The predicted octanol–water partition coefficient (Wildman–Crippen LogP) is 4.20. The SMILES string of the molecule is CCCN1CCc2ccc(S(=O)(=O)Nc3ccc(OC(F)(F)F)cc3)cc2CC1. The maximum Gasteiger partial charge on any atom is 0.573 e. The second-order valence-electron chi connectivity index (χ2n) is 6.95. The Morgan fingerprint density at radius 2 is 1.69 bits per heavy atom. The molecule has 0 radical (unpaired) electrons. The van der Waals surface area contributed by atoms with E-state index in [2.05, 4.69) is 21.3 Å². The molecule has 158 valence electrons. The average Bonchev–Trinajstić information content (AvgIpc) is 2.84. The highest BCUT2D eigenvalue weighted by Gasteiger charge is 2.31. The molecule has 0 spiro atoms. The third-order valence-electron chi connectivity index (χ3n) is 4.76. The van der Waals surface area contributed by atoms with Crippen LogP contribution in [0.25, 0.3) is 0 Å². The van der Waals surface area contributed by atoms with E-state index in [-0.39, 0.29) is 10.6 Å². The Balaban J connectivity index is 1.73. The van der Waals surface area contributed by atoms with Gasteiger partial charge in [0.05, 0.1) is 4.90 Å². The molecule has 29 heavy (non-hydrogen) atoms. The summed E-state index contributed by atoms with van der Waals surface area (Å²) < 4.78 is 68.3. The summed E-state index contributed by atoms with van der Waals surface area (Å²) in [6.07, 6.45) is -2.06. The molecule has 0 fully saturated rings. The van der Waals surface area contributed by atoms with E-state index in [1.165, 1.54) is 12.1 Å². The van der Waals surface area contributed by atoms with Gasteiger partial charge in [0.1, 0.15) is 5.75 Å². The van der Waals surface area contributed by atoms with Crippen LogP contribution in [-0.4, -0.2) is 39.3 Å². The topological polar surface area (TPSA) is 58.6 Å². The van der Waals surface area contributed by atoms with Crippen molar-refractivity contribution in [1.29, 1.82) is 0 Å². The molecule has 0 unspecified atom stereocenters. The average molecular weight is 428 g/mol. The van der Waals surface area contributed by atoms with Crippen molar-refractivity contribution in [2.24, 2.45) is 0 Å². The summed E-state index contributed by atoms with van der Waals surface area (Å²) >= 11 is 0. The predicted molar refractivity (Wildman–Crippen MR) is 105 cm³/mol. The Morgan fingerprint density at radius 3 is 2.31 bits per heavy atom. The lowest BCUT2D eigenvalue weighted by Crippen LogP contribution is -2.27. The fourth-order valence-corrected chi connectivity index (χ4v) is 4.50. The maximum absolute atomic E-state index is 12.7. The van der Waals surface area contributed by atoms with Gasteiger partial charge in [0.15, 0.2) is 0 Å². The number of hydrogen-bond donors (Lipinski definition) is 1. The van der Waals surface area contributed by atoms with Crippen LogP contribution in [0.4, 0.5) is 18.9 Å². The second kappa shape index (κ2) is 8.62. The van der Waals surface area contributed by atoms with Gasteiger partial charge in [0.25, 0.3) is 10.0 Å². The fourth-order valence-electron chi connectivity index (χ4n) is 3.39. The first kappa shape index (κ1) is 21.4. The van der Waals surface area contributed by atoms with Crippen molar-refractivity contribution < 1.29 is 26.3 Å². The van der Waals surface area contributed by atoms with Crippen LogP contribution in [0.1, 0.15) is 24.5 Å². The van der Waals surface area contributed by atoms with Gasteiger partial charge in [0.2, 0.25) is 0 Å². The van der Waals surface area contributed by atoms with Gasteiger partial charge in [-0.1, -0.05) is 13.0 Å². The lowest BCUT2D eigenvalue weighted by atomic mass is 10.0. The number of nitrogens with one attached hydrogen (secondary N) is 1. The Labute approximate surface area is 168 Å². The van der Waals surface area contributed by atoms with Crippen LogP contribution < -0.4 is 9.46 Å². The lowest BCUT2D eigenvalue weighted by molar-refractivity contribution is -0.274. The summed E-state index contributed by atoms with van der Waals surface area (Å²) in [5, 5.41) is 0. The third-order valence-corrected chi connectivity index (χ3v) is 6.14. The quantitative estimate of drug-likeness (QED) is 0.749. The van der Waals surface area contributed by atoms with E-state index >= 15 is 0 Å². The zero-order valence-corrected chi connectivity index (χ0v) is 16.8. The van der Waals surface area contributed by atoms with Gasteiger partial charge >= 0.3 is 6.36 Å². The first-order valence-electron chi connectivity index (χ1n) is 9.39. The number of halogens is 3. The van der Waals surface area contributed by atoms with Crippen molar-refractivity contribution in [2.75, 3.05) is 24.4 Å². The molecule has 2 aromatic carbocycles. The molecule has 1 heterocycles. The number of fused-ring (bicyclic) bond motifs is 1. The molecule has 5 nitrogen and oxygen atoms in total. The van der Waals surface area contributed by atoms with E-state index in [0.717, 1.165) is 62.2 Å². The Morgan fingerprint density at radius 1 is 1.03 bits per heavy atom. The molecule has 1 N–H and O–H groups in total. The zero-order chi connectivity index (χ0) is 21.1. The van der Waals surface area contributed by atoms with E-state index in [1.54, 1.807) is 12.1 Å². The van der Waals surface area contributed by atoms with Gasteiger partial charge < -0.3 is 9.64 Å². The minimum absolute atomic E-state index is 0.135. The molecule has 0 aromatic heterocycles. The second-order valence-corrected chi connectivity index (χ2v) is 8.63. The molecule has 2 aromatic rings. The number of ether oxygens (including phenoxy) is 1. The summed E-state index contributed by atoms with van der Waals surface area (Å²) in [5.74, 6) is -0.415. The van der Waals surface area contributed by atoms with Crippen LogP contribution in [-0.2, 0) is 22.9 Å². The van der Waals surface area contributed by atoms with Crippen LogP contribution in [0.2, 0.25) is 0 Å². The normalized spacial score (nSPS) is 15.4. The molecule has 0 aliphatic carbocycles. The molecular weight excluding hydrogens is 405 g/mol. The van der Waals surface area contributed by atoms with Crippen molar-refractivity contribution in [3.8, 4) is 5.75 Å². The van der Waals surface area contributed by atoms with Crippen LogP contribution >= 0.6 is 0 Å². The Bertz CT molecular complexity index is 944. The lowest BCUT2D eigenvalue weighted by Gasteiger charge is -2.18. The highest BCUT2D eigenvalue weighted by atomic mass is 32.2. The molecule has 0 atom stereocenters. The van der Waals surface area contributed by atoms with Crippen LogP contribution in [0.3, 0.4) is 0 Å². The first-order chi connectivity index (χ1) is 13.7. The summed E-state index contributed by atoms with van der Waals surface area (Å²) in [6.45, 7) is 5.00. The summed E-state index contributed by atoms with van der Waals surface area (Å²) in [4.78, 5) is 2.51. The van der Waals surface area contributed by atoms with E-state index in [0.29, 0.717) is 0 Å². The molecule has 0 saturated carbocycles. The van der Waals surface area contributed by atoms with Gasteiger partial charge in [-0.2, -0.15) is 0 Å². The third kappa shape index (κ3) is 5.86. The Hall–Kier alpha value is -2.26. The number of sulfonamides is 1. The summed E-state index contributed by atoms with van der Waals surface area (Å²) in [6, 6.07) is 9.68. The van der Waals surface area contributed by atoms with Crippen molar-refractivity contribution >= 4 is 15.7 Å². The standard InChI is InChI=1S/C20H23F3N2O3S/c1-2-11-25-12-9-15-3-8-19(14-16(15)10-13-25)29(26,27)24-17-4-6-18(7-5-17)28-20(21,22)23/h3-8,14,24H,2,9-13H2,1H3. The van der Waals surface area contributed by atoms with Crippen molar-refractivity contribution in [1.82, 2.24) is 4.90 Å². The van der Waals surface area contributed by atoms with Crippen LogP contribution in [0.15, 0.2) is 47.4 Å². The molecule has 9 heteroatoms. The van der Waals surface area contributed by atoms with Gasteiger partial charge in [-0.3, -0.25) is 4.72 Å². The van der Waals surface area contributed by atoms with E-state index < -0.39 is 22.1 Å². The smallest absolute Gasteiger partial charge is 0.406 e. The first-order valence-corrected chi connectivity index (χ1v) is 10.9. The van der Waals surface area contributed by atoms with Gasteiger partial charge in [-0.25, -0.2) is 8.42 Å². The number of hydrogen-bond acceptors (Lipinski definition) is 4. The number of benzene rings is 2. The largest absolute Gasteiger partial charge is 0.573 e. The zero-order valence-electron chi connectivity index (χ0n) is 16.0. The van der Waals surface area contributed by atoms with Gasteiger partial charge in [0, 0.05) is 18.8 Å². The minimum atomic E-state index is -4.80. The highest BCUT2D eigenvalue weighted by Crippen LogP contribution is 2.26. The van der Waals surface area contributed by atoms with E-state index in [9.17, 15) is 21.6 Å². The molecule has 1 aliphatic rings. The van der Waals surface area contributed by atoms with Crippen molar-refractivity contribution in [3.63, 3.8) is 0 Å². The molecular formula is C20H23F3N2O3S. The number of rotatable bonds is 6. The van der Waals surface area contributed by atoms with E-state index in [1.807, 2.05) is 6.07 Å². The minimum Gasteiger partial charge on any atom is -0.406 e. The molecule has 0 bridgehead atoms. The van der Waals surface area contributed by atoms with Crippen molar-refractivity contribution in [2.45, 2.75) is 37.4 Å². The van der Waals surface area contributed by atoms with Gasteiger partial charge in [-0.05, 0) is 73.3 Å². The molecule has 3 rings (SSSR count). The van der Waals surface area contributed by atoms with Crippen LogP contribution in [0, 0.1) is 0 Å². The van der Waals surface area contributed by atoms with Crippen molar-refractivity contribution in [3.05, 3.63) is 53.6 Å². The van der Waals surface area contributed by atoms with Crippen LogP contribution in [0.5, 0.6) is 5.75 Å². The summed E-state index contributed by atoms with van der Waals surface area (Å²) in [5.41, 5.74) is 2.32. The monoisotopic (exact) mass is 428 g/mol. The number of alkyl halides is 3. The molecule has 0 amide bonds. The summed E-state index contributed by atoms with van der Waals surface area (Å²) in [7, 11) is -3.86. The maximum atomic E-state index is 12.7. The molecule has 1 aliphatic heterocycles. The molecule has 0 saturated heterocycles. The Kier molecular flexibility index (Phi) is 6.38.